The molecule has 1 aromatic carbocycles. The van der Waals surface area contributed by atoms with E-state index in [-0.39, 0.29) is 12.5 Å². The van der Waals surface area contributed by atoms with E-state index in [0.29, 0.717) is 24.1 Å². The smallest absolute Gasteiger partial charge is 0.239 e. The fourth-order valence-corrected chi connectivity index (χ4v) is 2.22. The largest absolute Gasteiger partial charge is 0.355 e. The van der Waals surface area contributed by atoms with Gasteiger partial charge in [0.05, 0.1) is 6.54 Å². The molecule has 4 nitrogen and oxygen atoms in total. The minimum absolute atomic E-state index is 0.0151. The standard InChI is InChI=1S/C16H25N3OS/c1-5-17-15(20)11-19(6-2)16(21)18-14-9-7-13(8-10-14)12(3)4/h7-10,12H,5-6,11H2,1-4H3,(H,17,20)(H,18,21). The second kappa shape index (κ2) is 8.62. The summed E-state index contributed by atoms with van der Waals surface area (Å²) in [6.07, 6.45) is 0. The molecule has 0 fully saturated rings. The van der Waals surface area contributed by atoms with Crippen molar-refractivity contribution in [3.05, 3.63) is 29.8 Å². The molecule has 0 unspecified atom stereocenters. The number of rotatable bonds is 6. The maximum atomic E-state index is 11.6. The van der Waals surface area contributed by atoms with Crippen molar-refractivity contribution in [3.63, 3.8) is 0 Å². The van der Waals surface area contributed by atoms with Gasteiger partial charge < -0.3 is 15.5 Å². The van der Waals surface area contributed by atoms with Crippen LogP contribution in [0.5, 0.6) is 0 Å². The summed E-state index contributed by atoms with van der Waals surface area (Å²) in [5.41, 5.74) is 2.24. The Morgan fingerprint density at radius 3 is 2.33 bits per heavy atom. The summed E-state index contributed by atoms with van der Waals surface area (Å²) < 4.78 is 0. The minimum Gasteiger partial charge on any atom is -0.355 e. The highest BCUT2D eigenvalue weighted by atomic mass is 32.1. The molecule has 0 heterocycles. The molecule has 0 bridgehead atoms. The lowest BCUT2D eigenvalue weighted by atomic mass is 10.0. The predicted molar refractivity (Wildman–Crippen MR) is 92.7 cm³/mol. The van der Waals surface area contributed by atoms with Gasteiger partial charge in [-0.25, -0.2) is 0 Å². The Morgan fingerprint density at radius 1 is 1.24 bits per heavy atom. The van der Waals surface area contributed by atoms with Gasteiger partial charge in [0.25, 0.3) is 0 Å². The first-order valence-electron chi connectivity index (χ1n) is 7.40. The minimum atomic E-state index is -0.0151. The molecule has 5 heteroatoms. The van der Waals surface area contributed by atoms with Crippen LogP contribution in [0.4, 0.5) is 5.69 Å². The number of thiocarbonyl (C=S) groups is 1. The Labute approximate surface area is 132 Å². The molecule has 1 rings (SSSR count). The van der Waals surface area contributed by atoms with Crippen LogP contribution in [0.3, 0.4) is 0 Å². The van der Waals surface area contributed by atoms with Crippen LogP contribution < -0.4 is 10.6 Å². The topological polar surface area (TPSA) is 44.4 Å². The second-order valence-electron chi connectivity index (χ2n) is 5.17. The lowest BCUT2D eigenvalue weighted by Gasteiger charge is -2.23. The van der Waals surface area contributed by atoms with Crippen molar-refractivity contribution < 1.29 is 4.79 Å². The van der Waals surface area contributed by atoms with E-state index in [1.165, 1.54) is 5.56 Å². The molecule has 0 aliphatic carbocycles. The van der Waals surface area contributed by atoms with Crippen molar-refractivity contribution in [2.45, 2.75) is 33.6 Å². The third-order valence-corrected chi connectivity index (χ3v) is 3.57. The van der Waals surface area contributed by atoms with Crippen LogP contribution in [0.25, 0.3) is 0 Å². The van der Waals surface area contributed by atoms with Crippen molar-refractivity contribution in [1.29, 1.82) is 0 Å². The maximum Gasteiger partial charge on any atom is 0.239 e. The lowest BCUT2D eigenvalue weighted by molar-refractivity contribution is -0.121. The average molecular weight is 307 g/mol. The molecule has 21 heavy (non-hydrogen) atoms. The first kappa shape index (κ1) is 17.4. The molecule has 0 saturated heterocycles. The van der Waals surface area contributed by atoms with E-state index >= 15 is 0 Å². The number of benzene rings is 1. The molecule has 2 N–H and O–H groups in total. The van der Waals surface area contributed by atoms with Gasteiger partial charge in [0.2, 0.25) is 5.91 Å². The SMILES string of the molecule is CCNC(=O)CN(CC)C(=S)Nc1ccc(C(C)C)cc1. The molecular formula is C16H25N3OS. The maximum absolute atomic E-state index is 11.6. The van der Waals surface area contributed by atoms with Crippen LogP contribution in [0.15, 0.2) is 24.3 Å². The van der Waals surface area contributed by atoms with E-state index in [1.54, 1.807) is 0 Å². The summed E-state index contributed by atoms with van der Waals surface area (Å²) >= 11 is 5.38. The van der Waals surface area contributed by atoms with Crippen LogP contribution in [-0.2, 0) is 4.79 Å². The molecule has 116 valence electrons. The van der Waals surface area contributed by atoms with Crippen molar-refractivity contribution in [3.8, 4) is 0 Å². The van der Waals surface area contributed by atoms with E-state index < -0.39 is 0 Å². The molecule has 1 aromatic rings. The third-order valence-electron chi connectivity index (χ3n) is 3.21. The first-order chi connectivity index (χ1) is 9.97. The zero-order valence-electron chi connectivity index (χ0n) is 13.3. The molecule has 0 aromatic heterocycles. The molecule has 0 spiro atoms. The fourth-order valence-electron chi connectivity index (χ4n) is 1.91. The highest BCUT2D eigenvalue weighted by Crippen LogP contribution is 2.17. The van der Waals surface area contributed by atoms with Crippen molar-refractivity contribution in [2.75, 3.05) is 25.0 Å². The molecule has 0 saturated carbocycles. The molecule has 1 amide bonds. The van der Waals surface area contributed by atoms with Gasteiger partial charge in [0.1, 0.15) is 0 Å². The molecule has 0 radical (unpaired) electrons. The Morgan fingerprint density at radius 2 is 1.86 bits per heavy atom. The fraction of sp³-hybridized carbons (Fsp3) is 0.500. The molecule has 0 atom stereocenters. The Balaban J connectivity index is 2.63. The Kier molecular flexibility index (Phi) is 7.15. The number of amides is 1. The molecule has 0 aliphatic rings. The van der Waals surface area contributed by atoms with Crippen molar-refractivity contribution >= 4 is 28.9 Å². The Bertz CT molecular complexity index is 471. The summed E-state index contributed by atoms with van der Waals surface area (Å²) in [7, 11) is 0. The van der Waals surface area contributed by atoms with E-state index in [4.69, 9.17) is 12.2 Å². The van der Waals surface area contributed by atoms with Gasteiger partial charge >= 0.3 is 0 Å². The van der Waals surface area contributed by atoms with Gasteiger partial charge in [0, 0.05) is 18.8 Å². The summed E-state index contributed by atoms with van der Waals surface area (Å²) in [6.45, 7) is 9.81. The van der Waals surface area contributed by atoms with E-state index in [0.717, 1.165) is 5.69 Å². The summed E-state index contributed by atoms with van der Waals surface area (Å²) in [6, 6.07) is 8.22. The van der Waals surface area contributed by atoms with Crippen LogP contribution in [0, 0.1) is 0 Å². The monoisotopic (exact) mass is 307 g/mol. The summed E-state index contributed by atoms with van der Waals surface area (Å²) in [5.74, 6) is 0.495. The number of hydrogen-bond donors (Lipinski definition) is 2. The van der Waals surface area contributed by atoms with E-state index in [2.05, 4.69) is 36.6 Å². The normalized spacial score (nSPS) is 10.3. The van der Waals surface area contributed by atoms with Gasteiger partial charge in [-0.05, 0) is 49.7 Å². The average Bonchev–Trinajstić information content (AvgIpc) is 2.45. The van der Waals surface area contributed by atoms with Crippen molar-refractivity contribution in [2.24, 2.45) is 0 Å². The van der Waals surface area contributed by atoms with Crippen molar-refractivity contribution in [1.82, 2.24) is 10.2 Å². The number of nitrogens with one attached hydrogen (secondary N) is 2. The van der Waals surface area contributed by atoms with Crippen LogP contribution in [0.1, 0.15) is 39.2 Å². The van der Waals surface area contributed by atoms with E-state index in [9.17, 15) is 4.79 Å². The third kappa shape index (κ3) is 5.71. The number of hydrogen-bond acceptors (Lipinski definition) is 2. The number of nitrogens with zero attached hydrogens (tertiary/aromatic N) is 1. The van der Waals surface area contributed by atoms with Gasteiger partial charge in [-0.15, -0.1) is 0 Å². The summed E-state index contributed by atoms with van der Waals surface area (Å²) in [4.78, 5) is 13.5. The zero-order valence-corrected chi connectivity index (χ0v) is 14.1. The molecular weight excluding hydrogens is 282 g/mol. The predicted octanol–water partition coefficient (Wildman–Crippen LogP) is 2.96. The number of anilines is 1. The van der Waals surface area contributed by atoms with Gasteiger partial charge in [-0.1, -0.05) is 26.0 Å². The zero-order chi connectivity index (χ0) is 15.8. The molecule has 0 aliphatic heterocycles. The van der Waals surface area contributed by atoms with E-state index in [1.807, 2.05) is 30.9 Å². The van der Waals surface area contributed by atoms with Gasteiger partial charge in [-0.2, -0.15) is 0 Å². The number of carbonyl (C=O) groups is 1. The number of likely N-dealkylation sites (N-methyl/N-ethyl adjacent to an activating group) is 2. The van der Waals surface area contributed by atoms with Crippen LogP contribution in [0.2, 0.25) is 0 Å². The Hall–Kier alpha value is -1.62. The summed E-state index contributed by atoms with van der Waals surface area (Å²) in [5, 5.41) is 6.54. The second-order valence-corrected chi connectivity index (χ2v) is 5.56. The van der Waals surface area contributed by atoms with Crippen LogP contribution >= 0.6 is 12.2 Å². The van der Waals surface area contributed by atoms with Crippen LogP contribution in [-0.4, -0.2) is 35.6 Å². The highest BCUT2D eigenvalue weighted by Gasteiger charge is 2.12. The quantitative estimate of drug-likeness (QED) is 0.793. The number of carbonyl (C=O) groups excluding carboxylic acids is 1. The lowest BCUT2D eigenvalue weighted by Crippen LogP contribution is -2.42. The van der Waals surface area contributed by atoms with Gasteiger partial charge in [-0.3, -0.25) is 4.79 Å². The van der Waals surface area contributed by atoms with Gasteiger partial charge in [0.15, 0.2) is 5.11 Å². The highest BCUT2D eigenvalue weighted by molar-refractivity contribution is 7.80. The first-order valence-corrected chi connectivity index (χ1v) is 7.81.